The van der Waals surface area contributed by atoms with Crippen LogP contribution in [0.5, 0.6) is 0 Å². The number of benzene rings is 1. The van der Waals surface area contributed by atoms with Crippen LogP contribution in [-0.2, 0) is 0 Å². The van der Waals surface area contributed by atoms with Gasteiger partial charge in [0.05, 0.1) is 0 Å². The highest BCUT2D eigenvalue weighted by Crippen LogP contribution is 2.32. The number of anilines is 4. The molecule has 3 aromatic rings. The molecule has 0 atom stereocenters. The smallest absolute Gasteiger partial charge is 0.138 e. The number of pyridine rings is 2. The molecule has 2 aromatic heterocycles. The molecule has 0 bridgehead atoms. The van der Waals surface area contributed by atoms with Gasteiger partial charge in [-0.05, 0) is 48.5 Å². The summed E-state index contributed by atoms with van der Waals surface area (Å²) in [6.07, 6.45) is 3.58. The average molecular weight is 290 g/mol. The first-order valence-corrected chi connectivity index (χ1v) is 7.15. The van der Waals surface area contributed by atoms with E-state index in [4.69, 9.17) is 0 Å². The maximum Gasteiger partial charge on any atom is 0.138 e. The highest BCUT2D eigenvalue weighted by Gasteiger charge is 2.13. The molecule has 0 fully saturated rings. The second-order valence-corrected chi connectivity index (χ2v) is 5.12. The van der Waals surface area contributed by atoms with Crippen molar-refractivity contribution in [2.75, 3.05) is 23.9 Å². The Hall–Kier alpha value is -2.88. The lowest BCUT2D eigenvalue weighted by atomic mass is 10.2. The van der Waals surface area contributed by atoms with Gasteiger partial charge in [-0.25, -0.2) is 9.97 Å². The third-order valence-electron chi connectivity index (χ3n) is 3.38. The predicted molar refractivity (Wildman–Crippen MR) is 91.0 cm³/mol. The summed E-state index contributed by atoms with van der Waals surface area (Å²) >= 11 is 0. The van der Waals surface area contributed by atoms with Crippen molar-refractivity contribution >= 4 is 23.0 Å². The Bertz CT molecular complexity index is 670. The summed E-state index contributed by atoms with van der Waals surface area (Å²) in [5, 5.41) is 0. The fraction of sp³-hybridized carbons (Fsp3) is 0.111. The van der Waals surface area contributed by atoms with E-state index in [1.165, 1.54) is 0 Å². The number of nitrogens with zero attached hydrogens (tertiary/aromatic N) is 4. The molecule has 0 unspecified atom stereocenters. The molecule has 0 aliphatic rings. The van der Waals surface area contributed by atoms with Gasteiger partial charge in [0.15, 0.2) is 0 Å². The number of hydrogen-bond donors (Lipinski definition) is 0. The predicted octanol–water partition coefficient (Wildman–Crippen LogP) is 4.01. The van der Waals surface area contributed by atoms with Crippen molar-refractivity contribution in [1.29, 1.82) is 0 Å². The zero-order valence-corrected chi connectivity index (χ0v) is 12.7. The first kappa shape index (κ1) is 14.1. The van der Waals surface area contributed by atoms with E-state index in [1.807, 2.05) is 55.4 Å². The first-order chi connectivity index (χ1) is 10.8. The second kappa shape index (κ2) is 6.26. The monoisotopic (exact) mass is 290 g/mol. The molecule has 22 heavy (non-hydrogen) atoms. The van der Waals surface area contributed by atoms with Gasteiger partial charge in [0.2, 0.25) is 0 Å². The largest absolute Gasteiger partial charge is 0.378 e. The Morgan fingerprint density at radius 1 is 0.636 bits per heavy atom. The third kappa shape index (κ3) is 2.91. The molecule has 2 heterocycles. The molecule has 0 saturated carbocycles. The van der Waals surface area contributed by atoms with Crippen molar-refractivity contribution in [3.8, 4) is 0 Å². The van der Waals surface area contributed by atoms with Crippen LogP contribution in [0, 0.1) is 0 Å². The Kier molecular flexibility index (Phi) is 4.01. The summed E-state index contributed by atoms with van der Waals surface area (Å²) in [5.41, 5.74) is 2.19. The van der Waals surface area contributed by atoms with E-state index in [2.05, 4.69) is 39.1 Å². The SMILES string of the molecule is CN(C)c1ccc(N(c2ccccn2)c2ccccn2)cc1. The highest BCUT2D eigenvalue weighted by atomic mass is 15.2. The van der Waals surface area contributed by atoms with E-state index in [1.54, 1.807) is 12.4 Å². The van der Waals surface area contributed by atoms with E-state index in [0.717, 1.165) is 23.0 Å². The van der Waals surface area contributed by atoms with Crippen LogP contribution in [0.4, 0.5) is 23.0 Å². The molecular weight excluding hydrogens is 272 g/mol. The van der Waals surface area contributed by atoms with Crippen LogP contribution in [0.15, 0.2) is 73.1 Å². The van der Waals surface area contributed by atoms with E-state index >= 15 is 0 Å². The highest BCUT2D eigenvalue weighted by molar-refractivity contribution is 5.73. The van der Waals surface area contributed by atoms with Gasteiger partial charge >= 0.3 is 0 Å². The van der Waals surface area contributed by atoms with Crippen LogP contribution in [-0.4, -0.2) is 24.1 Å². The number of rotatable bonds is 4. The molecular formula is C18H18N4. The molecule has 4 nitrogen and oxygen atoms in total. The Morgan fingerprint density at radius 3 is 1.55 bits per heavy atom. The first-order valence-electron chi connectivity index (χ1n) is 7.15. The van der Waals surface area contributed by atoms with Crippen molar-refractivity contribution < 1.29 is 0 Å². The van der Waals surface area contributed by atoms with Crippen molar-refractivity contribution in [2.24, 2.45) is 0 Å². The van der Waals surface area contributed by atoms with Crippen LogP contribution in [0.1, 0.15) is 0 Å². The van der Waals surface area contributed by atoms with Crippen LogP contribution in [0.25, 0.3) is 0 Å². The molecule has 0 aliphatic carbocycles. The zero-order chi connectivity index (χ0) is 15.4. The zero-order valence-electron chi connectivity index (χ0n) is 12.7. The minimum atomic E-state index is 0.846. The molecule has 0 saturated heterocycles. The minimum absolute atomic E-state index is 0.846. The number of aromatic nitrogens is 2. The van der Waals surface area contributed by atoms with E-state index in [0.29, 0.717) is 0 Å². The Balaban J connectivity index is 2.06. The molecule has 1 aromatic carbocycles. The van der Waals surface area contributed by atoms with E-state index in [-0.39, 0.29) is 0 Å². The normalized spacial score (nSPS) is 10.3. The van der Waals surface area contributed by atoms with Crippen LogP contribution < -0.4 is 9.80 Å². The maximum atomic E-state index is 4.46. The molecule has 4 heteroatoms. The Morgan fingerprint density at radius 2 is 1.14 bits per heavy atom. The molecule has 0 aliphatic heterocycles. The van der Waals surface area contributed by atoms with Crippen LogP contribution >= 0.6 is 0 Å². The van der Waals surface area contributed by atoms with Crippen molar-refractivity contribution in [3.63, 3.8) is 0 Å². The van der Waals surface area contributed by atoms with Gasteiger partial charge in [-0.15, -0.1) is 0 Å². The van der Waals surface area contributed by atoms with Crippen molar-refractivity contribution in [3.05, 3.63) is 73.1 Å². The molecule has 3 rings (SSSR count). The fourth-order valence-corrected chi connectivity index (χ4v) is 2.25. The van der Waals surface area contributed by atoms with Crippen LogP contribution in [0.2, 0.25) is 0 Å². The summed E-state index contributed by atoms with van der Waals surface area (Å²) < 4.78 is 0. The number of hydrogen-bond acceptors (Lipinski definition) is 4. The van der Waals surface area contributed by atoms with Gasteiger partial charge in [0.1, 0.15) is 11.6 Å². The summed E-state index contributed by atoms with van der Waals surface area (Å²) in [6.45, 7) is 0. The van der Waals surface area contributed by atoms with Gasteiger partial charge < -0.3 is 4.90 Å². The average Bonchev–Trinajstić information content (AvgIpc) is 2.57. The third-order valence-corrected chi connectivity index (χ3v) is 3.38. The van der Waals surface area contributed by atoms with Crippen molar-refractivity contribution in [2.45, 2.75) is 0 Å². The van der Waals surface area contributed by atoms with Gasteiger partial charge in [-0.1, -0.05) is 12.1 Å². The van der Waals surface area contributed by atoms with Gasteiger partial charge in [0, 0.05) is 37.9 Å². The summed E-state index contributed by atoms with van der Waals surface area (Å²) in [6, 6.07) is 20.1. The fourth-order valence-electron chi connectivity index (χ4n) is 2.25. The molecule has 0 radical (unpaired) electrons. The van der Waals surface area contributed by atoms with Crippen LogP contribution in [0.3, 0.4) is 0 Å². The maximum absolute atomic E-state index is 4.46. The standard InChI is InChI=1S/C18H18N4/c1-21(2)15-9-11-16(12-10-15)22(17-7-3-5-13-19-17)18-8-4-6-14-20-18/h3-14H,1-2H3. The lowest BCUT2D eigenvalue weighted by Gasteiger charge is -2.23. The minimum Gasteiger partial charge on any atom is -0.378 e. The summed E-state index contributed by atoms with van der Waals surface area (Å²) in [4.78, 5) is 13.0. The summed E-state index contributed by atoms with van der Waals surface area (Å²) in [5.74, 6) is 1.69. The van der Waals surface area contributed by atoms with Gasteiger partial charge in [0.25, 0.3) is 0 Å². The molecule has 0 amide bonds. The Labute approximate surface area is 130 Å². The molecule has 0 spiro atoms. The lowest BCUT2D eigenvalue weighted by molar-refractivity contribution is 1.11. The summed E-state index contributed by atoms with van der Waals surface area (Å²) in [7, 11) is 4.06. The van der Waals surface area contributed by atoms with Crippen molar-refractivity contribution in [1.82, 2.24) is 9.97 Å². The lowest BCUT2D eigenvalue weighted by Crippen LogP contribution is -2.13. The van der Waals surface area contributed by atoms with E-state index in [9.17, 15) is 0 Å². The van der Waals surface area contributed by atoms with E-state index < -0.39 is 0 Å². The quantitative estimate of drug-likeness (QED) is 0.726. The second-order valence-electron chi connectivity index (χ2n) is 5.12. The topological polar surface area (TPSA) is 32.3 Å². The van der Waals surface area contributed by atoms with Gasteiger partial charge in [-0.2, -0.15) is 0 Å². The molecule has 0 N–H and O–H groups in total. The van der Waals surface area contributed by atoms with Gasteiger partial charge in [-0.3, -0.25) is 4.90 Å². The molecule has 110 valence electrons.